The van der Waals surface area contributed by atoms with Crippen LogP contribution in [0.3, 0.4) is 0 Å². The van der Waals surface area contributed by atoms with Crippen LogP contribution in [0.15, 0.2) is 18.2 Å². The second-order valence-corrected chi connectivity index (χ2v) is 4.53. The van der Waals surface area contributed by atoms with Crippen LogP contribution in [0.5, 0.6) is 0 Å². The molecule has 0 spiro atoms. The minimum atomic E-state index is 0.0641. The van der Waals surface area contributed by atoms with Crippen LogP contribution in [0.4, 0.5) is 0 Å². The van der Waals surface area contributed by atoms with E-state index in [2.05, 4.69) is 0 Å². The largest absolute Gasteiger partial charge is 0.381 e. The third-order valence-electron chi connectivity index (χ3n) is 3.40. The van der Waals surface area contributed by atoms with E-state index in [1.54, 1.807) is 0 Å². The third kappa shape index (κ3) is 2.17. The molecule has 0 radical (unpaired) electrons. The first kappa shape index (κ1) is 11.3. The van der Waals surface area contributed by atoms with Crippen LogP contribution in [0.2, 0.25) is 0 Å². The van der Waals surface area contributed by atoms with Crippen LogP contribution in [-0.4, -0.2) is 19.0 Å². The van der Waals surface area contributed by atoms with Crippen LogP contribution in [0.25, 0.3) is 0 Å². The Morgan fingerprint density at radius 1 is 1.38 bits per heavy atom. The molecular formula is C14H18O2. The molecule has 0 amide bonds. The van der Waals surface area contributed by atoms with Crippen molar-refractivity contribution in [1.29, 1.82) is 0 Å². The molecule has 1 aromatic rings. The zero-order valence-electron chi connectivity index (χ0n) is 9.95. The van der Waals surface area contributed by atoms with E-state index in [1.165, 1.54) is 5.56 Å². The highest BCUT2D eigenvalue weighted by Gasteiger charge is 2.24. The first-order chi connectivity index (χ1) is 7.70. The number of hydrogen-bond acceptors (Lipinski definition) is 2. The fraction of sp³-hybridized carbons (Fsp3) is 0.500. The second-order valence-electron chi connectivity index (χ2n) is 4.53. The van der Waals surface area contributed by atoms with Crippen molar-refractivity contribution in [3.63, 3.8) is 0 Å². The summed E-state index contributed by atoms with van der Waals surface area (Å²) in [5.74, 6) is 0.315. The Labute approximate surface area is 96.6 Å². The number of carbonyl (C=O) groups excluding carboxylic acids is 1. The average molecular weight is 218 g/mol. The molecule has 1 saturated heterocycles. The number of Topliss-reactive ketones (excluding diaryl/α,β-unsaturated/α-hetero) is 1. The van der Waals surface area contributed by atoms with Crippen LogP contribution >= 0.6 is 0 Å². The zero-order chi connectivity index (χ0) is 11.5. The Kier molecular flexibility index (Phi) is 3.39. The van der Waals surface area contributed by atoms with Gasteiger partial charge in [0.2, 0.25) is 0 Å². The van der Waals surface area contributed by atoms with Crippen molar-refractivity contribution < 1.29 is 9.53 Å². The van der Waals surface area contributed by atoms with Crippen LogP contribution < -0.4 is 0 Å². The maximum absolute atomic E-state index is 12.3. The highest BCUT2D eigenvalue weighted by molar-refractivity contribution is 5.99. The molecule has 2 rings (SSSR count). The molecular weight excluding hydrogens is 200 g/mol. The van der Waals surface area contributed by atoms with Gasteiger partial charge in [0.05, 0.1) is 6.61 Å². The monoisotopic (exact) mass is 218 g/mol. The molecule has 0 N–H and O–H groups in total. The molecule has 1 unspecified atom stereocenters. The molecule has 0 aromatic heterocycles. The molecule has 1 fully saturated rings. The highest BCUT2D eigenvalue weighted by atomic mass is 16.5. The molecule has 1 aliphatic heterocycles. The molecule has 1 aromatic carbocycles. The van der Waals surface area contributed by atoms with E-state index in [0.717, 1.165) is 30.6 Å². The Bertz CT molecular complexity index is 390. The summed E-state index contributed by atoms with van der Waals surface area (Å²) in [6, 6.07) is 5.93. The van der Waals surface area contributed by atoms with Gasteiger partial charge in [0, 0.05) is 18.1 Å². The van der Waals surface area contributed by atoms with E-state index in [4.69, 9.17) is 4.74 Å². The summed E-state index contributed by atoms with van der Waals surface area (Å²) in [5.41, 5.74) is 3.16. The van der Waals surface area contributed by atoms with Gasteiger partial charge >= 0.3 is 0 Å². The van der Waals surface area contributed by atoms with Crippen molar-refractivity contribution >= 4 is 5.78 Å². The number of hydrogen-bond donors (Lipinski definition) is 0. The van der Waals surface area contributed by atoms with Gasteiger partial charge in [-0.1, -0.05) is 18.2 Å². The maximum atomic E-state index is 12.3. The molecule has 2 heteroatoms. The Morgan fingerprint density at radius 3 is 2.88 bits per heavy atom. The molecule has 1 heterocycles. The number of ether oxygens (including phenoxy) is 1. The van der Waals surface area contributed by atoms with Gasteiger partial charge in [-0.15, -0.1) is 0 Å². The van der Waals surface area contributed by atoms with E-state index >= 15 is 0 Å². The fourth-order valence-corrected chi connectivity index (χ4v) is 2.19. The number of rotatable bonds is 2. The van der Waals surface area contributed by atoms with E-state index in [-0.39, 0.29) is 11.7 Å². The molecule has 16 heavy (non-hydrogen) atoms. The van der Waals surface area contributed by atoms with Gasteiger partial charge in [-0.25, -0.2) is 0 Å². The number of benzene rings is 1. The van der Waals surface area contributed by atoms with Gasteiger partial charge in [-0.05, 0) is 37.8 Å². The molecule has 0 saturated carbocycles. The van der Waals surface area contributed by atoms with Crippen molar-refractivity contribution in [2.45, 2.75) is 26.7 Å². The topological polar surface area (TPSA) is 26.3 Å². The number of aryl methyl sites for hydroxylation is 1. The lowest BCUT2D eigenvalue weighted by Gasteiger charge is -2.21. The van der Waals surface area contributed by atoms with E-state index in [1.807, 2.05) is 32.0 Å². The minimum Gasteiger partial charge on any atom is -0.381 e. The van der Waals surface area contributed by atoms with Crippen molar-refractivity contribution in [2.24, 2.45) is 5.92 Å². The second kappa shape index (κ2) is 4.79. The lowest BCUT2D eigenvalue weighted by Crippen LogP contribution is -2.25. The van der Waals surface area contributed by atoms with Crippen molar-refractivity contribution in [3.05, 3.63) is 34.9 Å². The van der Waals surface area contributed by atoms with Crippen LogP contribution in [-0.2, 0) is 4.74 Å². The molecule has 1 aliphatic rings. The highest BCUT2D eigenvalue weighted by Crippen LogP contribution is 2.22. The van der Waals surface area contributed by atoms with Crippen LogP contribution in [0.1, 0.15) is 34.3 Å². The van der Waals surface area contributed by atoms with Crippen molar-refractivity contribution in [2.75, 3.05) is 13.2 Å². The van der Waals surface area contributed by atoms with Gasteiger partial charge < -0.3 is 4.74 Å². The van der Waals surface area contributed by atoms with Gasteiger partial charge in [0.15, 0.2) is 5.78 Å². The minimum absolute atomic E-state index is 0.0641. The smallest absolute Gasteiger partial charge is 0.168 e. The molecule has 0 aliphatic carbocycles. The Hall–Kier alpha value is -1.15. The number of ketones is 1. The average Bonchev–Trinajstić information content (AvgIpc) is 2.33. The van der Waals surface area contributed by atoms with E-state index in [9.17, 15) is 4.79 Å². The van der Waals surface area contributed by atoms with E-state index in [0.29, 0.717) is 6.61 Å². The predicted octanol–water partition coefficient (Wildman–Crippen LogP) is 2.91. The zero-order valence-corrected chi connectivity index (χ0v) is 9.95. The first-order valence-electron chi connectivity index (χ1n) is 5.88. The van der Waals surface area contributed by atoms with E-state index < -0.39 is 0 Å². The summed E-state index contributed by atoms with van der Waals surface area (Å²) in [6.07, 6.45) is 1.97. The molecule has 0 bridgehead atoms. The number of carbonyl (C=O) groups is 1. The first-order valence-corrected chi connectivity index (χ1v) is 5.88. The molecule has 86 valence electrons. The summed E-state index contributed by atoms with van der Waals surface area (Å²) in [7, 11) is 0. The summed E-state index contributed by atoms with van der Waals surface area (Å²) in [4.78, 5) is 12.3. The summed E-state index contributed by atoms with van der Waals surface area (Å²) < 4.78 is 5.37. The Morgan fingerprint density at radius 2 is 2.19 bits per heavy atom. The summed E-state index contributed by atoms with van der Waals surface area (Å²) >= 11 is 0. The van der Waals surface area contributed by atoms with Crippen molar-refractivity contribution in [1.82, 2.24) is 0 Å². The lowest BCUT2D eigenvalue weighted by atomic mass is 9.89. The van der Waals surface area contributed by atoms with Gasteiger partial charge in [0.1, 0.15) is 0 Å². The summed E-state index contributed by atoms with van der Waals surface area (Å²) in [6.45, 7) is 5.46. The van der Waals surface area contributed by atoms with Crippen LogP contribution in [0, 0.1) is 19.8 Å². The van der Waals surface area contributed by atoms with Gasteiger partial charge in [-0.2, -0.15) is 0 Å². The lowest BCUT2D eigenvalue weighted by molar-refractivity contribution is 0.0461. The SMILES string of the molecule is Cc1cccc(C(=O)C2CCCOC2)c1C. The Balaban J connectivity index is 2.22. The van der Waals surface area contributed by atoms with Gasteiger partial charge in [0.25, 0.3) is 0 Å². The van der Waals surface area contributed by atoms with Gasteiger partial charge in [-0.3, -0.25) is 4.79 Å². The summed E-state index contributed by atoms with van der Waals surface area (Å²) in [5, 5.41) is 0. The maximum Gasteiger partial charge on any atom is 0.168 e. The molecule has 1 atom stereocenters. The predicted molar refractivity (Wildman–Crippen MR) is 63.8 cm³/mol. The fourth-order valence-electron chi connectivity index (χ4n) is 2.19. The quantitative estimate of drug-likeness (QED) is 0.713. The van der Waals surface area contributed by atoms with Crippen molar-refractivity contribution in [3.8, 4) is 0 Å². The normalized spacial score (nSPS) is 20.8. The standard InChI is InChI=1S/C14H18O2/c1-10-5-3-7-13(11(10)2)14(15)12-6-4-8-16-9-12/h3,5,7,12H,4,6,8-9H2,1-2H3. The third-order valence-corrected chi connectivity index (χ3v) is 3.40. The molecule has 2 nitrogen and oxygen atoms in total.